The van der Waals surface area contributed by atoms with E-state index in [1.807, 2.05) is 0 Å². The van der Waals surface area contributed by atoms with Gasteiger partial charge in [-0.3, -0.25) is 19.9 Å². The zero-order valence-electron chi connectivity index (χ0n) is 25.7. The highest BCUT2D eigenvalue weighted by Crippen LogP contribution is 2.40. The Bertz CT molecular complexity index is 1690. The quantitative estimate of drug-likeness (QED) is 0.277. The minimum absolute atomic E-state index is 0.0102. The molecule has 0 radical (unpaired) electrons. The van der Waals surface area contributed by atoms with Crippen molar-refractivity contribution >= 4 is 39.1 Å². The standard InChI is InChI=1S/C31H37N5O8S/c1-18(2)45(40,41)27-11-9-20(35-31(39)44-5)16-22(27)24-7-6-14-36(24)30(38)28(19-8-10-25(42-3)26(15-19)43-4)34-21-12-13-33-23(17-21)29(32)37/h8-13,15-18,24,28H,6-7,14H2,1-5H3,(H2,32,37)(H,33,34)(H,35,39). The summed E-state index contributed by atoms with van der Waals surface area (Å²) in [6, 6.07) is 11.0. The number of methoxy groups -OCH3 is 3. The molecule has 240 valence electrons. The molecule has 1 aromatic heterocycles. The smallest absolute Gasteiger partial charge is 0.411 e. The van der Waals surface area contributed by atoms with E-state index in [0.29, 0.717) is 53.4 Å². The van der Waals surface area contributed by atoms with Crippen molar-refractivity contribution in [1.29, 1.82) is 0 Å². The average Bonchev–Trinajstić information content (AvgIpc) is 3.53. The number of rotatable bonds is 11. The molecule has 3 amide bonds. The number of hydrogen-bond donors (Lipinski definition) is 3. The molecule has 2 heterocycles. The molecule has 45 heavy (non-hydrogen) atoms. The first kappa shape index (κ1) is 33.1. The molecule has 1 saturated heterocycles. The maximum atomic E-state index is 14.6. The Hall–Kier alpha value is -4.85. The van der Waals surface area contributed by atoms with Gasteiger partial charge in [-0.15, -0.1) is 0 Å². The number of carbonyl (C=O) groups excluding carboxylic acids is 3. The third-order valence-electron chi connectivity index (χ3n) is 7.57. The van der Waals surface area contributed by atoms with Gasteiger partial charge in [-0.05, 0) is 80.3 Å². The van der Waals surface area contributed by atoms with Crippen LogP contribution in [0.5, 0.6) is 11.5 Å². The van der Waals surface area contributed by atoms with E-state index in [9.17, 15) is 22.8 Å². The highest BCUT2D eigenvalue weighted by molar-refractivity contribution is 7.92. The molecule has 1 aliphatic rings. The molecule has 2 unspecified atom stereocenters. The molecule has 0 saturated carbocycles. The van der Waals surface area contributed by atoms with Crippen LogP contribution in [0.2, 0.25) is 0 Å². The summed E-state index contributed by atoms with van der Waals surface area (Å²) in [6.45, 7) is 3.51. The van der Waals surface area contributed by atoms with E-state index >= 15 is 0 Å². The first-order chi connectivity index (χ1) is 21.4. The van der Waals surface area contributed by atoms with Gasteiger partial charge in [0.1, 0.15) is 11.7 Å². The zero-order chi connectivity index (χ0) is 32.9. The molecule has 13 nitrogen and oxygen atoms in total. The highest BCUT2D eigenvalue weighted by Gasteiger charge is 2.38. The number of likely N-dealkylation sites (tertiary alicyclic amines) is 1. The molecule has 4 N–H and O–H groups in total. The molecular formula is C31H37N5O8S. The number of hydrogen-bond acceptors (Lipinski definition) is 10. The van der Waals surface area contributed by atoms with E-state index in [1.165, 1.54) is 45.7 Å². The van der Waals surface area contributed by atoms with Crippen LogP contribution in [0, 0.1) is 0 Å². The van der Waals surface area contributed by atoms with Crippen LogP contribution < -0.4 is 25.8 Å². The predicted molar refractivity (Wildman–Crippen MR) is 167 cm³/mol. The lowest BCUT2D eigenvalue weighted by atomic mass is 10.0. The van der Waals surface area contributed by atoms with Crippen molar-refractivity contribution in [2.24, 2.45) is 5.73 Å². The van der Waals surface area contributed by atoms with E-state index in [4.69, 9.17) is 19.9 Å². The number of benzene rings is 2. The van der Waals surface area contributed by atoms with Crippen molar-refractivity contribution in [3.05, 3.63) is 71.5 Å². The number of aromatic nitrogens is 1. The first-order valence-electron chi connectivity index (χ1n) is 14.2. The minimum atomic E-state index is -3.77. The van der Waals surface area contributed by atoms with Gasteiger partial charge in [-0.1, -0.05) is 6.07 Å². The number of ether oxygens (including phenoxy) is 3. The normalized spacial score (nSPS) is 15.3. The Labute approximate surface area is 262 Å². The number of nitrogens with one attached hydrogen (secondary N) is 2. The van der Waals surface area contributed by atoms with Crippen molar-refractivity contribution in [2.45, 2.75) is 48.9 Å². The fourth-order valence-electron chi connectivity index (χ4n) is 5.23. The van der Waals surface area contributed by atoms with Gasteiger partial charge < -0.3 is 30.2 Å². The van der Waals surface area contributed by atoms with Gasteiger partial charge in [0.15, 0.2) is 21.3 Å². The van der Waals surface area contributed by atoms with E-state index < -0.39 is 39.2 Å². The molecular weight excluding hydrogens is 602 g/mol. The van der Waals surface area contributed by atoms with Crippen LogP contribution in [0.1, 0.15) is 60.4 Å². The fourth-order valence-corrected chi connectivity index (χ4v) is 6.52. The molecule has 4 rings (SSSR count). The van der Waals surface area contributed by atoms with Gasteiger partial charge in [0, 0.05) is 24.1 Å². The molecule has 0 aliphatic carbocycles. The van der Waals surface area contributed by atoms with Crippen LogP contribution in [0.3, 0.4) is 0 Å². The number of primary amides is 1. The highest BCUT2D eigenvalue weighted by atomic mass is 32.2. The topological polar surface area (TPSA) is 179 Å². The van der Waals surface area contributed by atoms with E-state index in [2.05, 4.69) is 15.6 Å². The number of carbonyl (C=O) groups is 3. The molecule has 2 atom stereocenters. The Kier molecular flexibility index (Phi) is 10.2. The summed E-state index contributed by atoms with van der Waals surface area (Å²) in [7, 11) is 0.434. The molecule has 0 bridgehead atoms. The summed E-state index contributed by atoms with van der Waals surface area (Å²) >= 11 is 0. The number of nitrogens with two attached hydrogens (primary N) is 1. The Balaban J connectivity index is 1.82. The molecule has 1 aliphatic heterocycles. The first-order valence-corrected chi connectivity index (χ1v) is 15.7. The van der Waals surface area contributed by atoms with Gasteiger partial charge in [0.2, 0.25) is 5.91 Å². The van der Waals surface area contributed by atoms with Crippen LogP contribution in [0.25, 0.3) is 0 Å². The van der Waals surface area contributed by atoms with Crippen molar-refractivity contribution < 1.29 is 37.0 Å². The summed E-state index contributed by atoms with van der Waals surface area (Å²) in [5, 5.41) is 5.07. The van der Waals surface area contributed by atoms with E-state index in [1.54, 1.807) is 49.1 Å². The SMILES string of the molecule is COC(=O)Nc1ccc(S(=O)(=O)C(C)C)c(C2CCCN2C(=O)C(Nc2ccnc(C(N)=O)c2)c2ccc(OC)c(OC)c2)c1. The molecule has 14 heteroatoms. The zero-order valence-corrected chi connectivity index (χ0v) is 26.5. The largest absolute Gasteiger partial charge is 0.493 e. The maximum absolute atomic E-state index is 14.6. The van der Waals surface area contributed by atoms with Gasteiger partial charge in [0.05, 0.1) is 37.5 Å². The predicted octanol–water partition coefficient (Wildman–Crippen LogP) is 4.08. The lowest BCUT2D eigenvalue weighted by Gasteiger charge is -2.32. The Morgan fingerprint density at radius 1 is 0.978 bits per heavy atom. The second kappa shape index (κ2) is 13.8. The van der Waals surface area contributed by atoms with Crippen molar-refractivity contribution in [1.82, 2.24) is 9.88 Å². The van der Waals surface area contributed by atoms with Crippen LogP contribution in [-0.2, 0) is 19.4 Å². The monoisotopic (exact) mass is 639 g/mol. The van der Waals surface area contributed by atoms with E-state index in [0.717, 1.165) is 0 Å². The molecule has 1 fully saturated rings. The van der Waals surface area contributed by atoms with Crippen LogP contribution in [0.4, 0.5) is 16.2 Å². The molecule has 3 aromatic rings. The lowest BCUT2D eigenvalue weighted by Crippen LogP contribution is -2.38. The number of pyridine rings is 1. The van der Waals surface area contributed by atoms with Crippen molar-refractivity contribution in [2.75, 3.05) is 38.5 Å². The van der Waals surface area contributed by atoms with Crippen LogP contribution >= 0.6 is 0 Å². The van der Waals surface area contributed by atoms with Gasteiger partial charge in [-0.2, -0.15) is 0 Å². The third-order valence-corrected chi connectivity index (χ3v) is 9.80. The van der Waals surface area contributed by atoms with Gasteiger partial charge >= 0.3 is 6.09 Å². The van der Waals surface area contributed by atoms with Gasteiger partial charge in [0.25, 0.3) is 5.91 Å². The number of sulfone groups is 1. The van der Waals surface area contributed by atoms with Crippen LogP contribution in [0.15, 0.2) is 59.6 Å². The summed E-state index contributed by atoms with van der Waals surface area (Å²) in [5.41, 5.74) is 7.09. The summed E-state index contributed by atoms with van der Waals surface area (Å²) < 4.78 is 42.6. The Morgan fingerprint density at radius 2 is 1.71 bits per heavy atom. The third kappa shape index (κ3) is 7.11. The Morgan fingerprint density at radius 3 is 2.36 bits per heavy atom. The second-order valence-electron chi connectivity index (χ2n) is 10.6. The minimum Gasteiger partial charge on any atom is -0.493 e. The van der Waals surface area contributed by atoms with Crippen LogP contribution in [-0.4, -0.2) is 69.3 Å². The summed E-state index contributed by atoms with van der Waals surface area (Å²) in [4.78, 5) is 44.0. The average molecular weight is 640 g/mol. The number of anilines is 2. The molecule has 2 aromatic carbocycles. The number of amides is 3. The maximum Gasteiger partial charge on any atom is 0.411 e. The molecule has 0 spiro atoms. The van der Waals surface area contributed by atoms with Gasteiger partial charge in [-0.25, -0.2) is 13.2 Å². The van der Waals surface area contributed by atoms with Crippen molar-refractivity contribution in [3.8, 4) is 11.5 Å². The lowest BCUT2D eigenvalue weighted by molar-refractivity contribution is -0.133. The van der Waals surface area contributed by atoms with E-state index in [-0.39, 0.29) is 16.5 Å². The number of nitrogens with zero attached hydrogens (tertiary/aromatic N) is 2. The second-order valence-corrected chi connectivity index (χ2v) is 13.1. The fraction of sp³-hybridized carbons (Fsp3) is 0.355. The summed E-state index contributed by atoms with van der Waals surface area (Å²) in [6.07, 6.45) is 1.77. The summed E-state index contributed by atoms with van der Waals surface area (Å²) in [5.74, 6) is -0.232. The van der Waals surface area contributed by atoms with Crippen molar-refractivity contribution in [3.63, 3.8) is 0 Å².